The van der Waals surface area contributed by atoms with E-state index >= 15 is 0 Å². The van der Waals surface area contributed by atoms with Crippen molar-refractivity contribution >= 4 is 6.09 Å². The second kappa shape index (κ2) is 8.39. The van der Waals surface area contributed by atoms with Gasteiger partial charge in [0, 0.05) is 25.3 Å². The minimum absolute atomic E-state index is 0.0150. The average molecular weight is 485 g/mol. The van der Waals surface area contributed by atoms with Crippen LogP contribution in [0.15, 0.2) is 24.3 Å². The maximum atomic E-state index is 13.6. The molecule has 190 valence electrons. The van der Waals surface area contributed by atoms with Crippen LogP contribution in [0.1, 0.15) is 56.6 Å². The molecule has 0 aromatic heterocycles. The molecule has 1 spiro atoms. The average Bonchev–Trinajstić information content (AvgIpc) is 3.61. The van der Waals surface area contributed by atoms with E-state index in [1.54, 1.807) is 14.2 Å². The van der Waals surface area contributed by atoms with Crippen LogP contribution in [0.3, 0.4) is 0 Å². The number of hydroxylamine groups is 2. The van der Waals surface area contributed by atoms with Gasteiger partial charge in [-0.25, -0.2) is 9.63 Å². The van der Waals surface area contributed by atoms with E-state index in [0.717, 1.165) is 49.6 Å². The fourth-order valence-electron chi connectivity index (χ4n) is 6.64. The van der Waals surface area contributed by atoms with Crippen molar-refractivity contribution in [3.63, 3.8) is 0 Å². The summed E-state index contributed by atoms with van der Waals surface area (Å²) in [5.41, 5.74) is 1.57. The van der Waals surface area contributed by atoms with Crippen LogP contribution >= 0.6 is 0 Å². The molecule has 8 nitrogen and oxygen atoms in total. The van der Waals surface area contributed by atoms with Crippen molar-refractivity contribution in [1.82, 2.24) is 9.96 Å². The second-order valence-electron chi connectivity index (χ2n) is 10.4. The lowest BCUT2D eigenvalue weighted by Crippen LogP contribution is -2.78. The summed E-state index contributed by atoms with van der Waals surface area (Å²) in [6.45, 7) is 6.55. The van der Waals surface area contributed by atoms with Gasteiger partial charge in [0.15, 0.2) is 17.6 Å². The first-order valence-electron chi connectivity index (χ1n) is 13.0. The molecule has 2 bridgehead atoms. The van der Waals surface area contributed by atoms with Crippen LogP contribution < -0.4 is 9.47 Å². The van der Waals surface area contributed by atoms with Gasteiger partial charge in [-0.15, -0.1) is 0 Å². The van der Waals surface area contributed by atoms with Crippen molar-refractivity contribution in [2.45, 2.75) is 75.3 Å². The van der Waals surface area contributed by atoms with Gasteiger partial charge in [-0.1, -0.05) is 32.4 Å². The van der Waals surface area contributed by atoms with Crippen LogP contribution in [0.25, 0.3) is 0 Å². The molecule has 6 aliphatic rings. The van der Waals surface area contributed by atoms with E-state index in [1.807, 2.05) is 12.1 Å². The van der Waals surface area contributed by atoms with E-state index in [-0.39, 0.29) is 12.0 Å². The number of benzene rings is 1. The lowest BCUT2D eigenvalue weighted by Gasteiger charge is -2.63. The molecule has 3 aliphatic carbocycles. The Hall–Kier alpha value is -2.29. The standard InChI is InChI=1S/C27H36N2O6/c1-5-7-14-33-25(30)29-26-12-13-27(32-4,35-29)24-22(26)21-18(10-11-19(31-3)23(21)34-24)15-20(26)28(6-2)16-17-8-9-17/h10-13,17,20,22,24H,5-9,14-16H2,1-4H3/t20-,22?,24-,26-,27?/m1/s1. The molecule has 0 N–H and O–H groups in total. The quantitative estimate of drug-likeness (QED) is 0.387. The fourth-order valence-corrected chi connectivity index (χ4v) is 6.64. The molecule has 2 fully saturated rings. The van der Waals surface area contributed by atoms with Crippen LogP contribution in [0.4, 0.5) is 4.79 Å². The second-order valence-corrected chi connectivity index (χ2v) is 10.4. The molecule has 1 saturated carbocycles. The van der Waals surface area contributed by atoms with E-state index in [2.05, 4.69) is 30.9 Å². The molecule has 7 rings (SSSR count). The predicted molar refractivity (Wildman–Crippen MR) is 128 cm³/mol. The molecule has 1 amide bonds. The Balaban J connectivity index is 1.52. The molecule has 8 heteroatoms. The zero-order valence-corrected chi connectivity index (χ0v) is 21.1. The number of methoxy groups -OCH3 is 2. The Morgan fingerprint density at radius 2 is 2.06 bits per heavy atom. The molecule has 0 radical (unpaired) electrons. The SMILES string of the molecule is CCCCOC(=O)N1OC2(OC)C=C[C@@]13C1c4c(ccc(OC)c4O[C@H]12)C[C@H]3N(CC)CC1CC1. The van der Waals surface area contributed by atoms with E-state index in [9.17, 15) is 4.79 Å². The molecular formula is C27H36N2O6. The molecule has 2 unspecified atom stereocenters. The Morgan fingerprint density at radius 1 is 1.23 bits per heavy atom. The Morgan fingerprint density at radius 3 is 2.74 bits per heavy atom. The van der Waals surface area contributed by atoms with Crippen LogP contribution in [0.5, 0.6) is 11.5 Å². The summed E-state index contributed by atoms with van der Waals surface area (Å²) >= 11 is 0. The van der Waals surface area contributed by atoms with Gasteiger partial charge in [0.2, 0.25) is 0 Å². The summed E-state index contributed by atoms with van der Waals surface area (Å²) in [4.78, 5) is 22.6. The summed E-state index contributed by atoms with van der Waals surface area (Å²) in [6.07, 6.45) is 8.27. The lowest BCUT2D eigenvalue weighted by molar-refractivity contribution is -0.393. The number of ether oxygens (including phenoxy) is 4. The van der Waals surface area contributed by atoms with Crippen LogP contribution in [-0.4, -0.2) is 73.4 Å². The number of amides is 1. The maximum Gasteiger partial charge on any atom is 0.434 e. The predicted octanol–water partition coefficient (Wildman–Crippen LogP) is 4.03. The zero-order chi connectivity index (χ0) is 24.4. The minimum atomic E-state index is -1.23. The van der Waals surface area contributed by atoms with Crippen LogP contribution in [0, 0.1) is 5.92 Å². The number of likely N-dealkylation sites (N-methyl/N-ethyl adjacent to an activating group) is 1. The fraction of sp³-hybridized carbons (Fsp3) is 0.667. The van der Waals surface area contributed by atoms with E-state index in [1.165, 1.54) is 23.5 Å². The molecule has 35 heavy (non-hydrogen) atoms. The monoisotopic (exact) mass is 484 g/mol. The van der Waals surface area contributed by atoms with Crippen LogP contribution in [-0.2, 0) is 20.7 Å². The lowest BCUT2D eigenvalue weighted by atomic mass is 9.60. The molecule has 1 saturated heterocycles. The number of hydrogen-bond donors (Lipinski definition) is 0. The largest absolute Gasteiger partial charge is 0.493 e. The molecule has 1 aromatic rings. The number of carbonyl (C=O) groups is 1. The molecule has 3 heterocycles. The van der Waals surface area contributed by atoms with E-state index in [4.69, 9.17) is 23.8 Å². The maximum absolute atomic E-state index is 13.6. The van der Waals surface area contributed by atoms with Gasteiger partial charge in [0.25, 0.3) is 5.79 Å². The van der Waals surface area contributed by atoms with Gasteiger partial charge < -0.3 is 18.9 Å². The van der Waals surface area contributed by atoms with Gasteiger partial charge in [-0.2, -0.15) is 5.06 Å². The Bertz CT molecular complexity index is 1040. The van der Waals surface area contributed by atoms with Crippen molar-refractivity contribution in [2.24, 2.45) is 5.92 Å². The highest BCUT2D eigenvalue weighted by Gasteiger charge is 2.74. The molecule has 5 atom stereocenters. The third-order valence-corrected chi connectivity index (χ3v) is 8.58. The molecule has 1 aromatic carbocycles. The highest BCUT2D eigenvalue weighted by Crippen LogP contribution is 2.64. The molecular weight excluding hydrogens is 448 g/mol. The van der Waals surface area contributed by atoms with E-state index in [0.29, 0.717) is 12.4 Å². The summed E-state index contributed by atoms with van der Waals surface area (Å²) in [7, 11) is 3.26. The summed E-state index contributed by atoms with van der Waals surface area (Å²) in [5, 5.41) is 1.49. The van der Waals surface area contributed by atoms with Gasteiger partial charge in [0.1, 0.15) is 5.54 Å². The van der Waals surface area contributed by atoms with Crippen molar-refractivity contribution in [3.8, 4) is 11.5 Å². The first-order chi connectivity index (χ1) is 17.0. The topological polar surface area (TPSA) is 69.7 Å². The Labute approximate surface area is 207 Å². The normalized spacial score (nSPS) is 33.6. The van der Waals surface area contributed by atoms with Crippen molar-refractivity contribution in [1.29, 1.82) is 0 Å². The third kappa shape index (κ3) is 3.19. The third-order valence-electron chi connectivity index (χ3n) is 8.58. The summed E-state index contributed by atoms with van der Waals surface area (Å²) in [6, 6.07) is 4.16. The number of unbranched alkanes of at least 4 members (excludes halogenated alkanes) is 1. The first-order valence-corrected chi connectivity index (χ1v) is 13.0. The number of fused-ring (bicyclic) bond motifs is 1. The van der Waals surface area contributed by atoms with Gasteiger partial charge in [-0.3, -0.25) is 4.90 Å². The molecule has 3 aliphatic heterocycles. The number of rotatable bonds is 9. The van der Waals surface area contributed by atoms with Gasteiger partial charge in [0.05, 0.1) is 19.6 Å². The number of carbonyl (C=O) groups excluding carboxylic acids is 1. The highest BCUT2D eigenvalue weighted by molar-refractivity contribution is 5.72. The number of nitrogens with zero attached hydrogens (tertiary/aromatic N) is 2. The van der Waals surface area contributed by atoms with Crippen molar-refractivity contribution in [2.75, 3.05) is 33.9 Å². The van der Waals surface area contributed by atoms with Gasteiger partial charge >= 0.3 is 6.09 Å². The summed E-state index contributed by atoms with van der Waals surface area (Å²) in [5.74, 6) is 0.761. The summed E-state index contributed by atoms with van der Waals surface area (Å²) < 4.78 is 24.0. The van der Waals surface area contributed by atoms with Crippen molar-refractivity contribution < 1.29 is 28.6 Å². The van der Waals surface area contributed by atoms with Crippen LogP contribution in [0.2, 0.25) is 0 Å². The number of hydrogen-bond acceptors (Lipinski definition) is 7. The zero-order valence-electron chi connectivity index (χ0n) is 21.1. The smallest absolute Gasteiger partial charge is 0.434 e. The Kier molecular flexibility index (Phi) is 5.54. The van der Waals surface area contributed by atoms with E-state index < -0.39 is 23.5 Å². The first kappa shape index (κ1) is 23.1. The minimum Gasteiger partial charge on any atom is -0.493 e. The van der Waals surface area contributed by atoms with Gasteiger partial charge in [-0.05, 0) is 55.9 Å². The van der Waals surface area contributed by atoms with Crippen molar-refractivity contribution in [3.05, 3.63) is 35.4 Å². The highest BCUT2D eigenvalue weighted by atomic mass is 16.8.